The van der Waals surface area contributed by atoms with Gasteiger partial charge in [-0.25, -0.2) is 0 Å². The van der Waals surface area contributed by atoms with Crippen molar-refractivity contribution in [2.75, 3.05) is 26.4 Å². The monoisotopic (exact) mass is 280 g/mol. The Kier molecular flexibility index (Phi) is 9.49. The minimum absolute atomic E-state index is 0.0279. The first-order valence-corrected chi connectivity index (χ1v) is 6.98. The van der Waals surface area contributed by atoms with Gasteiger partial charge in [0.2, 0.25) is 0 Å². The van der Waals surface area contributed by atoms with Crippen molar-refractivity contribution < 1.29 is 9.47 Å². The van der Waals surface area contributed by atoms with E-state index in [2.05, 4.69) is 27.3 Å². The van der Waals surface area contributed by atoms with Crippen LogP contribution < -0.4 is 5.73 Å². The largest absolute Gasteiger partial charge is 0.381 e. The van der Waals surface area contributed by atoms with Crippen LogP contribution in [0.5, 0.6) is 0 Å². The maximum Gasteiger partial charge on any atom is 0.0825 e. The lowest BCUT2D eigenvalue weighted by Crippen LogP contribution is -2.28. The number of hydrogen-bond acceptors (Lipinski definition) is 5. The van der Waals surface area contributed by atoms with E-state index >= 15 is 0 Å². The lowest BCUT2D eigenvalue weighted by molar-refractivity contribution is 0.0934. The number of ether oxygens (including phenoxy) is 2. The minimum atomic E-state index is 0.0279. The van der Waals surface area contributed by atoms with E-state index in [4.69, 9.17) is 15.2 Å². The number of aromatic amines is 1. The van der Waals surface area contributed by atoms with Crippen molar-refractivity contribution in [1.29, 1.82) is 0 Å². The van der Waals surface area contributed by atoms with Gasteiger partial charge in [-0.3, -0.25) is 0 Å². The first-order chi connectivity index (χ1) is 9.83. The van der Waals surface area contributed by atoms with Crippen LogP contribution in [0.2, 0.25) is 0 Å². The molecule has 0 bridgehead atoms. The Morgan fingerprint density at radius 2 is 2.25 bits per heavy atom. The molecule has 1 aromatic rings. The first kappa shape index (κ1) is 16.6. The molecule has 6 nitrogen and oxygen atoms in total. The number of H-pyrrole nitrogens is 1. The number of rotatable bonds is 11. The number of nitrogens with zero attached hydrogens (tertiary/aromatic N) is 2. The molecule has 0 saturated heterocycles. The summed E-state index contributed by atoms with van der Waals surface area (Å²) in [4.78, 5) is 0. The van der Waals surface area contributed by atoms with Crippen LogP contribution in [0.15, 0.2) is 6.20 Å². The fourth-order valence-electron chi connectivity index (χ4n) is 1.60. The van der Waals surface area contributed by atoms with Gasteiger partial charge in [0.25, 0.3) is 0 Å². The van der Waals surface area contributed by atoms with Crippen LogP contribution in [0, 0.1) is 11.8 Å². The summed E-state index contributed by atoms with van der Waals surface area (Å²) in [7, 11) is 0. The number of nitrogens with one attached hydrogen (secondary N) is 1. The Hall–Kier alpha value is -1.42. The zero-order valence-corrected chi connectivity index (χ0v) is 12.1. The summed E-state index contributed by atoms with van der Waals surface area (Å²) in [5.74, 6) is 5.78. The molecular formula is C14H24N4O2. The lowest BCUT2D eigenvalue weighted by atomic mass is 10.2. The van der Waals surface area contributed by atoms with Gasteiger partial charge in [-0.05, 0) is 26.2 Å². The summed E-state index contributed by atoms with van der Waals surface area (Å²) < 4.78 is 11.0. The van der Waals surface area contributed by atoms with Crippen LogP contribution in [0.4, 0.5) is 0 Å². The van der Waals surface area contributed by atoms with Crippen molar-refractivity contribution in [3.8, 4) is 11.8 Å². The summed E-state index contributed by atoms with van der Waals surface area (Å²) >= 11 is 0. The van der Waals surface area contributed by atoms with Crippen LogP contribution in [0.1, 0.15) is 31.9 Å². The van der Waals surface area contributed by atoms with E-state index < -0.39 is 0 Å². The van der Waals surface area contributed by atoms with E-state index in [1.807, 2.05) is 6.92 Å². The highest BCUT2D eigenvalue weighted by atomic mass is 16.5. The second-order valence-corrected chi connectivity index (χ2v) is 4.48. The second-order valence-electron chi connectivity index (χ2n) is 4.48. The standard InChI is InChI=1S/C14H24N4O2/c1-2-3-4-8-20-12-13(15)7-10-19-9-5-6-14-11-16-18-17-14/h11,13H,4-10,12,15H2,1H3,(H,16,17,18). The molecular weight excluding hydrogens is 256 g/mol. The van der Waals surface area contributed by atoms with E-state index in [9.17, 15) is 0 Å². The highest BCUT2D eigenvalue weighted by molar-refractivity contribution is 4.94. The van der Waals surface area contributed by atoms with E-state index in [-0.39, 0.29) is 6.04 Å². The fraction of sp³-hybridized carbons (Fsp3) is 0.714. The molecule has 112 valence electrons. The molecule has 0 aliphatic heterocycles. The number of hydrogen-bond donors (Lipinski definition) is 2. The smallest absolute Gasteiger partial charge is 0.0825 e. The van der Waals surface area contributed by atoms with Gasteiger partial charge >= 0.3 is 0 Å². The Bertz CT molecular complexity index is 384. The molecule has 1 rings (SSSR count). The normalized spacial score (nSPS) is 11.9. The van der Waals surface area contributed by atoms with Crippen LogP contribution in [0.3, 0.4) is 0 Å². The quantitative estimate of drug-likeness (QED) is 0.464. The van der Waals surface area contributed by atoms with E-state index in [1.54, 1.807) is 6.20 Å². The van der Waals surface area contributed by atoms with Crippen molar-refractivity contribution >= 4 is 0 Å². The van der Waals surface area contributed by atoms with E-state index in [0.717, 1.165) is 31.4 Å². The van der Waals surface area contributed by atoms with Crippen molar-refractivity contribution in [3.05, 3.63) is 11.9 Å². The maximum atomic E-state index is 5.92. The molecule has 0 aliphatic rings. The molecule has 1 unspecified atom stereocenters. The average molecular weight is 280 g/mol. The molecule has 1 heterocycles. The highest BCUT2D eigenvalue weighted by Gasteiger charge is 2.02. The molecule has 6 heteroatoms. The third kappa shape index (κ3) is 8.64. The Morgan fingerprint density at radius 3 is 3.00 bits per heavy atom. The fourth-order valence-corrected chi connectivity index (χ4v) is 1.60. The van der Waals surface area contributed by atoms with Gasteiger partial charge in [0.15, 0.2) is 0 Å². The highest BCUT2D eigenvalue weighted by Crippen LogP contribution is 1.97. The number of nitrogens with two attached hydrogens (primary N) is 1. The number of aryl methyl sites for hydroxylation is 1. The average Bonchev–Trinajstić information content (AvgIpc) is 2.95. The maximum absolute atomic E-state index is 5.92. The molecule has 20 heavy (non-hydrogen) atoms. The molecule has 0 spiro atoms. The summed E-state index contributed by atoms with van der Waals surface area (Å²) in [6.07, 6.45) is 5.12. The van der Waals surface area contributed by atoms with Crippen molar-refractivity contribution in [1.82, 2.24) is 15.4 Å². The van der Waals surface area contributed by atoms with Gasteiger partial charge in [-0.15, -0.1) is 11.8 Å². The second kappa shape index (κ2) is 11.4. The van der Waals surface area contributed by atoms with Crippen LogP contribution in [-0.2, 0) is 15.9 Å². The Labute approximate surface area is 120 Å². The zero-order chi connectivity index (χ0) is 14.5. The summed E-state index contributed by atoms with van der Waals surface area (Å²) in [5.41, 5.74) is 6.88. The Morgan fingerprint density at radius 1 is 1.35 bits per heavy atom. The molecule has 1 atom stereocenters. The van der Waals surface area contributed by atoms with E-state index in [1.165, 1.54) is 0 Å². The van der Waals surface area contributed by atoms with Crippen LogP contribution in [-0.4, -0.2) is 47.9 Å². The van der Waals surface area contributed by atoms with Gasteiger partial charge in [0.1, 0.15) is 0 Å². The number of aromatic nitrogens is 3. The SMILES string of the molecule is CC#CCCOCC(N)CCOCCCc1cn[nH]n1. The molecule has 0 saturated carbocycles. The van der Waals surface area contributed by atoms with Gasteiger partial charge in [0, 0.05) is 25.7 Å². The van der Waals surface area contributed by atoms with Gasteiger partial charge in [0.05, 0.1) is 25.1 Å². The summed E-state index contributed by atoms with van der Waals surface area (Å²) in [6, 6.07) is 0.0279. The first-order valence-electron chi connectivity index (χ1n) is 6.98. The van der Waals surface area contributed by atoms with Crippen LogP contribution in [0.25, 0.3) is 0 Å². The minimum Gasteiger partial charge on any atom is -0.381 e. The van der Waals surface area contributed by atoms with Crippen LogP contribution >= 0.6 is 0 Å². The van der Waals surface area contributed by atoms with E-state index in [0.29, 0.717) is 26.4 Å². The van der Waals surface area contributed by atoms with Crippen molar-refractivity contribution in [2.45, 2.75) is 38.6 Å². The molecule has 0 aliphatic carbocycles. The van der Waals surface area contributed by atoms with Gasteiger partial charge in [-0.2, -0.15) is 15.4 Å². The van der Waals surface area contributed by atoms with Crippen molar-refractivity contribution in [2.24, 2.45) is 5.73 Å². The predicted molar refractivity (Wildman–Crippen MR) is 77.0 cm³/mol. The lowest BCUT2D eigenvalue weighted by Gasteiger charge is -2.11. The van der Waals surface area contributed by atoms with Crippen molar-refractivity contribution in [3.63, 3.8) is 0 Å². The molecule has 0 amide bonds. The molecule has 0 aromatic carbocycles. The predicted octanol–water partition coefficient (Wildman–Crippen LogP) is 0.901. The molecule has 3 N–H and O–H groups in total. The van der Waals surface area contributed by atoms with Gasteiger partial charge < -0.3 is 15.2 Å². The van der Waals surface area contributed by atoms with Gasteiger partial charge in [-0.1, -0.05) is 0 Å². The molecule has 0 radical (unpaired) electrons. The topological polar surface area (TPSA) is 86.0 Å². The third-order valence-corrected chi connectivity index (χ3v) is 2.70. The molecule has 1 aromatic heterocycles. The molecule has 0 fully saturated rings. The Balaban J connectivity index is 1.86. The summed E-state index contributed by atoms with van der Waals surface area (Å²) in [6.45, 7) is 4.41. The summed E-state index contributed by atoms with van der Waals surface area (Å²) in [5, 5.41) is 10.3. The third-order valence-electron chi connectivity index (χ3n) is 2.70. The zero-order valence-electron chi connectivity index (χ0n) is 12.1.